The molecule has 0 aromatic carbocycles. The summed E-state index contributed by atoms with van der Waals surface area (Å²) < 4.78 is 0. The summed E-state index contributed by atoms with van der Waals surface area (Å²) in [5, 5.41) is 3.50. The Hall–Kier alpha value is -0.370. The van der Waals surface area contributed by atoms with Gasteiger partial charge in [0.15, 0.2) is 5.96 Å². The number of rotatable bonds is 5. The molecular formula is C16H29IN4S. The summed E-state index contributed by atoms with van der Waals surface area (Å²) >= 11 is 1.71. The third-order valence-corrected chi connectivity index (χ3v) is 5.64. The average molecular weight is 436 g/mol. The molecule has 1 aromatic heterocycles. The lowest BCUT2D eigenvalue weighted by Gasteiger charge is -2.24. The monoisotopic (exact) mass is 436 g/mol. The van der Waals surface area contributed by atoms with Crippen LogP contribution in [0.5, 0.6) is 0 Å². The first kappa shape index (κ1) is 19.7. The fourth-order valence-electron chi connectivity index (χ4n) is 3.31. The van der Waals surface area contributed by atoms with Crippen molar-refractivity contribution in [2.24, 2.45) is 16.8 Å². The van der Waals surface area contributed by atoms with Crippen molar-refractivity contribution in [1.29, 1.82) is 0 Å². The molecule has 0 amide bonds. The minimum atomic E-state index is 0. The molecule has 0 bridgehead atoms. The maximum atomic E-state index is 4.46. The van der Waals surface area contributed by atoms with Gasteiger partial charge in [0.05, 0.1) is 17.7 Å². The highest BCUT2D eigenvalue weighted by Crippen LogP contribution is 2.28. The maximum Gasteiger partial charge on any atom is 0.193 e. The van der Waals surface area contributed by atoms with E-state index in [-0.39, 0.29) is 24.0 Å². The van der Waals surface area contributed by atoms with Crippen molar-refractivity contribution in [2.75, 3.05) is 20.1 Å². The van der Waals surface area contributed by atoms with E-state index in [4.69, 9.17) is 0 Å². The summed E-state index contributed by atoms with van der Waals surface area (Å²) in [6.45, 7) is 9.80. The number of likely N-dealkylation sites (tertiary alicyclic amines) is 1. The molecule has 0 saturated carbocycles. The topological polar surface area (TPSA) is 40.5 Å². The molecule has 1 atom stereocenters. The van der Waals surface area contributed by atoms with Gasteiger partial charge in [-0.15, -0.1) is 35.3 Å². The van der Waals surface area contributed by atoms with E-state index in [1.165, 1.54) is 24.1 Å². The van der Waals surface area contributed by atoms with Gasteiger partial charge < -0.3 is 10.2 Å². The second-order valence-electron chi connectivity index (χ2n) is 5.83. The number of guanidine groups is 1. The molecule has 126 valence electrons. The summed E-state index contributed by atoms with van der Waals surface area (Å²) in [5.41, 5.74) is 3.04. The van der Waals surface area contributed by atoms with Crippen LogP contribution >= 0.6 is 35.3 Å². The molecule has 1 saturated heterocycles. The predicted molar refractivity (Wildman–Crippen MR) is 106 cm³/mol. The summed E-state index contributed by atoms with van der Waals surface area (Å²) in [4.78, 5) is 12.5. The number of halogens is 1. The van der Waals surface area contributed by atoms with E-state index >= 15 is 0 Å². The van der Waals surface area contributed by atoms with Crippen molar-refractivity contribution in [1.82, 2.24) is 15.2 Å². The lowest BCUT2D eigenvalue weighted by molar-refractivity contribution is 0.319. The molecule has 2 heterocycles. The Bertz CT molecular complexity index is 470. The number of hydrogen-bond donors (Lipinski definition) is 1. The van der Waals surface area contributed by atoms with Gasteiger partial charge in [0.25, 0.3) is 0 Å². The number of aromatic nitrogens is 1. The van der Waals surface area contributed by atoms with E-state index < -0.39 is 0 Å². The molecule has 0 spiro atoms. The third-order valence-electron chi connectivity index (χ3n) is 4.70. The molecule has 0 radical (unpaired) electrons. The molecule has 1 aliphatic rings. The van der Waals surface area contributed by atoms with Crippen molar-refractivity contribution < 1.29 is 0 Å². The standard InChI is InChI=1S/C16H28N4S.HI/c1-5-13(6-2)14-7-8-20(10-14)16(17-4)18-9-15-12(3)19-11-21-15;/h11,13-14H,5-10H2,1-4H3,(H,17,18);1H. The van der Waals surface area contributed by atoms with Gasteiger partial charge in [0.1, 0.15) is 0 Å². The van der Waals surface area contributed by atoms with Gasteiger partial charge in [-0.1, -0.05) is 26.7 Å². The zero-order chi connectivity index (χ0) is 15.2. The molecule has 22 heavy (non-hydrogen) atoms. The Kier molecular flexibility index (Phi) is 8.67. The summed E-state index contributed by atoms with van der Waals surface area (Å²) in [6, 6.07) is 0. The number of thiazole rings is 1. The first-order valence-electron chi connectivity index (χ1n) is 8.04. The number of aryl methyl sites for hydroxylation is 1. The number of aliphatic imine (C=N–C) groups is 1. The van der Waals surface area contributed by atoms with Crippen LogP contribution in [-0.2, 0) is 6.54 Å². The van der Waals surface area contributed by atoms with Crippen molar-refractivity contribution >= 4 is 41.3 Å². The first-order valence-corrected chi connectivity index (χ1v) is 8.92. The molecule has 1 aromatic rings. The van der Waals surface area contributed by atoms with E-state index in [2.05, 4.69) is 41.0 Å². The molecule has 2 rings (SSSR count). The minimum absolute atomic E-state index is 0. The lowest BCUT2D eigenvalue weighted by Crippen LogP contribution is -2.40. The third kappa shape index (κ3) is 4.81. The molecule has 0 aliphatic carbocycles. The van der Waals surface area contributed by atoms with Gasteiger partial charge in [-0.05, 0) is 25.2 Å². The predicted octanol–water partition coefficient (Wildman–Crippen LogP) is 3.90. The first-order chi connectivity index (χ1) is 10.2. The fraction of sp³-hybridized carbons (Fsp3) is 0.750. The van der Waals surface area contributed by atoms with Crippen LogP contribution in [0.25, 0.3) is 0 Å². The quantitative estimate of drug-likeness (QED) is 0.433. The summed E-state index contributed by atoms with van der Waals surface area (Å²) in [6.07, 6.45) is 3.88. The second kappa shape index (κ2) is 9.70. The lowest BCUT2D eigenvalue weighted by atomic mass is 9.87. The van der Waals surface area contributed by atoms with Gasteiger partial charge in [-0.25, -0.2) is 4.98 Å². The van der Waals surface area contributed by atoms with E-state index in [0.29, 0.717) is 0 Å². The van der Waals surface area contributed by atoms with Crippen molar-refractivity contribution in [3.63, 3.8) is 0 Å². The molecule has 4 nitrogen and oxygen atoms in total. The summed E-state index contributed by atoms with van der Waals surface area (Å²) in [5.74, 6) is 2.72. The smallest absolute Gasteiger partial charge is 0.193 e. The van der Waals surface area contributed by atoms with Crippen LogP contribution in [0.4, 0.5) is 0 Å². The number of nitrogens with zero attached hydrogens (tertiary/aromatic N) is 3. The van der Waals surface area contributed by atoms with Gasteiger partial charge in [0, 0.05) is 25.0 Å². The molecule has 1 unspecified atom stereocenters. The van der Waals surface area contributed by atoms with Crippen LogP contribution in [-0.4, -0.2) is 36.0 Å². The fourth-order valence-corrected chi connectivity index (χ4v) is 4.02. The molecular weight excluding hydrogens is 407 g/mol. The van der Waals surface area contributed by atoms with Gasteiger partial charge in [0.2, 0.25) is 0 Å². The Labute approximate surface area is 155 Å². The van der Waals surface area contributed by atoms with E-state index in [0.717, 1.165) is 43.1 Å². The van der Waals surface area contributed by atoms with Crippen LogP contribution in [0.1, 0.15) is 43.7 Å². The second-order valence-corrected chi connectivity index (χ2v) is 6.77. The van der Waals surface area contributed by atoms with Crippen LogP contribution < -0.4 is 5.32 Å². The Morgan fingerprint density at radius 3 is 2.77 bits per heavy atom. The van der Waals surface area contributed by atoms with Crippen LogP contribution in [0.2, 0.25) is 0 Å². The van der Waals surface area contributed by atoms with Crippen molar-refractivity contribution in [2.45, 2.75) is 46.6 Å². The maximum absolute atomic E-state index is 4.46. The van der Waals surface area contributed by atoms with Gasteiger partial charge in [-0.2, -0.15) is 0 Å². The Morgan fingerprint density at radius 1 is 1.50 bits per heavy atom. The minimum Gasteiger partial charge on any atom is -0.351 e. The zero-order valence-corrected chi connectivity index (χ0v) is 17.3. The zero-order valence-electron chi connectivity index (χ0n) is 14.1. The van der Waals surface area contributed by atoms with E-state index in [9.17, 15) is 0 Å². The van der Waals surface area contributed by atoms with E-state index in [1.807, 2.05) is 12.6 Å². The SMILES string of the molecule is CCC(CC)C1CCN(C(=NC)NCc2scnc2C)C1.I. The van der Waals surface area contributed by atoms with E-state index in [1.54, 1.807) is 11.3 Å². The molecule has 1 fully saturated rings. The van der Waals surface area contributed by atoms with Crippen molar-refractivity contribution in [3.05, 3.63) is 16.1 Å². The highest BCUT2D eigenvalue weighted by atomic mass is 127. The highest BCUT2D eigenvalue weighted by Gasteiger charge is 2.29. The average Bonchev–Trinajstić information content (AvgIpc) is 3.11. The Balaban J connectivity index is 0.00000242. The van der Waals surface area contributed by atoms with Crippen LogP contribution in [0.3, 0.4) is 0 Å². The van der Waals surface area contributed by atoms with Gasteiger partial charge >= 0.3 is 0 Å². The van der Waals surface area contributed by atoms with Gasteiger partial charge in [-0.3, -0.25) is 4.99 Å². The summed E-state index contributed by atoms with van der Waals surface area (Å²) in [7, 11) is 1.88. The van der Waals surface area contributed by atoms with Crippen LogP contribution in [0.15, 0.2) is 10.5 Å². The molecule has 6 heteroatoms. The number of nitrogens with one attached hydrogen (secondary N) is 1. The Morgan fingerprint density at radius 2 is 2.23 bits per heavy atom. The largest absolute Gasteiger partial charge is 0.351 e. The van der Waals surface area contributed by atoms with Crippen molar-refractivity contribution in [3.8, 4) is 0 Å². The highest BCUT2D eigenvalue weighted by molar-refractivity contribution is 14.0. The normalized spacial score (nSPS) is 18.7. The molecule has 1 N–H and O–H groups in total. The van der Waals surface area contributed by atoms with Crippen LogP contribution in [0, 0.1) is 18.8 Å². The number of hydrogen-bond acceptors (Lipinski definition) is 3. The molecule has 1 aliphatic heterocycles.